The summed E-state index contributed by atoms with van der Waals surface area (Å²) >= 11 is 0. The molecule has 1 saturated heterocycles. The molecule has 1 aromatic rings. The number of anilines is 1. The van der Waals surface area contributed by atoms with Crippen LogP contribution in [0, 0.1) is 0 Å². The minimum Gasteiger partial charge on any atom is -0.450 e. The first-order valence-electron chi connectivity index (χ1n) is 10.1. The molecule has 0 bridgehead atoms. The van der Waals surface area contributed by atoms with E-state index in [1.54, 1.807) is 23.6 Å². The second-order valence-corrected chi connectivity index (χ2v) is 7.30. The monoisotopic (exact) mass is 387 g/mol. The average Bonchev–Trinajstić information content (AvgIpc) is 3.12. The van der Waals surface area contributed by atoms with Gasteiger partial charge >= 0.3 is 6.09 Å². The van der Waals surface area contributed by atoms with Crippen molar-refractivity contribution in [2.24, 2.45) is 0 Å². The van der Waals surface area contributed by atoms with Crippen molar-refractivity contribution in [2.45, 2.75) is 45.6 Å². The molecule has 0 N–H and O–H groups in total. The molecule has 7 nitrogen and oxygen atoms in total. The molecule has 1 fully saturated rings. The van der Waals surface area contributed by atoms with Gasteiger partial charge in [0.2, 0.25) is 11.8 Å². The minimum atomic E-state index is -0.293. The van der Waals surface area contributed by atoms with Gasteiger partial charge in [0, 0.05) is 51.3 Å². The average molecular weight is 387 g/mol. The van der Waals surface area contributed by atoms with Crippen molar-refractivity contribution in [1.29, 1.82) is 0 Å². The summed E-state index contributed by atoms with van der Waals surface area (Å²) in [5.41, 5.74) is 2.19. The molecule has 0 spiro atoms. The number of nitrogens with zero attached hydrogens (tertiary/aromatic N) is 3. The summed E-state index contributed by atoms with van der Waals surface area (Å²) in [4.78, 5) is 42.1. The van der Waals surface area contributed by atoms with E-state index in [-0.39, 0.29) is 23.9 Å². The van der Waals surface area contributed by atoms with Gasteiger partial charge in [-0.15, -0.1) is 0 Å². The van der Waals surface area contributed by atoms with E-state index in [2.05, 4.69) is 6.07 Å². The number of hydrogen-bond donors (Lipinski definition) is 0. The van der Waals surface area contributed by atoms with Crippen molar-refractivity contribution >= 4 is 23.6 Å². The van der Waals surface area contributed by atoms with Gasteiger partial charge in [0.25, 0.3) is 0 Å². The first-order valence-corrected chi connectivity index (χ1v) is 10.1. The van der Waals surface area contributed by atoms with Crippen LogP contribution in [0.25, 0.3) is 0 Å². The zero-order valence-corrected chi connectivity index (χ0v) is 16.7. The summed E-state index contributed by atoms with van der Waals surface area (Å²) < 4.78 is 5.05. The summed E-state index contributed by atoms with van der Waals surface area (Å²) in [6.45, 7) is 5.96. The molecule has 1 aromatic carbocycles. The van der Waals surface area contributed by atoms with E-state index in [1.165, 1.54) is 5.56 Å². The van der Waals surface area contributed by atoms with Crippen molar-refractivity contribution in [3.8, 4) is 0 Å². The van der Waals surface area contributed by atoms with E-state index in [1.807, 2.05) is 23.1 Å². The Kier molecular flexibility index (Phi) is 6.54. The number of piperidine rings is 1. The molecule has 28 heavy (non-hydrogen) atoms. The van der Waals surface area contributed by atoms with Crippen LogP contribution in [0.4, 0.5) is 10.5 Å². The van der Waals surface area contributed by atoms with Crippen LogP contribution in [0.2, 0.25) is 0 Å². The van der Waals surface area contributed by atoms with Crippen LogP contribution in [-0.2, 0) is 20.7 Å². The zero-order valence-electron chi connectivity index (χ0n) is 16.7. The molecule has 0 unspecified atom stereocenters. The van der Waals surface area contributed by atoms with Crippen LogP contribution in [0.3, 0.4) is 0 Å². The number of hydrogen-bond acceptors (Lipinski definition) is 4. The third-order valence-electron chi connectivity index (χ3n) is 5.59. The molecule has 0 radical (unpaired) electrons. The molecule has 2 aliphatic heterocycles. The maximum absolute atomic E-state index is 12.7. The van der Waals surface area contributed by atoms with Crippen LogP contribution in [-0.4, -0.2) is 66.5 Å². The van der Waals surface area contributed by atoms with Crippen molar-refractivity contribution in [3.63, 3.8) is 0 Å². The van der Waals surface area contributed by atoms with E-state index in [0.29, 0.717) is 52.0 Å². The smallest absolute Gasteiger partial charge is 0.409 e. The Bertz CT molecular complexity index is 728. The highest BCUT2D eigenvalue weighted by molar-refractivity contribution is 5.95. The second kappa shape index (κ2) is 9.08. The highest BCUT2D eigenvalue weighted by Crippen LogP contribution is 2.28. The summed E-state index contributed by atoms with van der Waals surface area (Å²) in [5.74, 6) is 0.0318. The van der Waals surface area contributed by atoms with Gasteiger partial charge in [-0.2, -0.15) is 0 Å². The van der Waals surface area contributed by atoms with Crippen molar-refractivity contribution in [2.75, 3.05) is 37.7 Å². The Morgan fingerprint density at radius 2 is 1.86 bits per heavy atom. The molecule has 152 valence electrons. The fourth-order valence-electron chi connectivity index (χ4n) is 4.12. The molecule has 2 heterocycles. The Labute approximate surface area is 166 Å². The summed E-state index contributed by atoms with van der Waals surface area (Å²) in [6.07, 6.45) is 2.31. The fraction of sp³-hybridized carbons (Fsp3) is 0.571. The van der Waals surface area contributed by atoms with Gasteiger partial charge < -0.3 is 19.4 Å². The van der Waals surface area contributed by atoms with Gasteiger partial charge in [0.05, 0.1) is 6.61 Å². The SMILES string of the molecule is CCOC(=O)N1CCC(N(CCC(=O)N2CCc3ccccc32)C(C)=O)CC1. The first-order chi connectivity index (χ1) is 13.5. The number of para-hydroxylation sites is 1. The maximum atomic E-state index is 12.7. The molecule has 7 heteroatoms. The Morgan fingerprint density at radius 1 is 1.14 bits per heavy atom. The van der Waals surface area contributed by atoms with E-state index in [4.69, 9.17) is 4.74 Å². The number of likely N-dealkylation sites (tertiary alicyclic amines) is 1. The molecule has 0 saturated carbocycles. The standard InChI is InChI=1S/C21H29N3O4/c1-3-28-21(27)22-12-9-18(10-13-22)23(16(2)25)15-11-20(26)24-14-8-17-6-4-5-7-19(17)24/h4-7,18H,3,8-15H2,1-2H3. The Morgan fingerprint density at radius 3 is 2.54 bits per heavy atom. The van der Waals surface area contributed by atoms with Crippen LogP contribution in [0.5, 0.6) is 0 Å². The molecule has 3 rings (SSSR count). The van der Waals surface area contributed by atoms with Crippen molar-refractivity contribution in [3.05, 3.63) is 29.8 Å². The van der Waals surface area contributed by atoms with Crippen LogP contribution >= 0.6 is 0 Å². The van der Waals surface area contributed by atoms with Crippen molar-refractivity contribution in [1.82, 2.24) is 9.80 Å². The molecule has 3 amide bonds. The fourth-order valence-corrected chi connectivity index (χ4v) is 4.12. The molecule has 0 aromatic heterocycles. The highest BCUT2D eigenvalue weighted by atomic mass is 16.6. The number of rotatable bonds is 5. The lowest BCUT2D eigenvalue weighted by Crippen LogP contribution is -2.49. The number of carbonyl (C=O) groups is 3. The minimum absolute atomic E-state index is 0.0239. The summed E-state index contributed by atoms with van der Waals surface area (Å²) in [7, 11) is 0. The number of fused-ring (bicyclic) bond motifs is 1. The van der Waals surface area contributed by atoms with Gasteiger partial charge in [-0.05, 0) is 37.8 Å². The van der Waals surface area contributed by atoms with E-state index >= 15 is 0 Å². The normalized spacial score (nSPS) is 16.6. The molecule has 0 aliphatic carbocycles. The molecule has 0 atom stereocenters. The maximum Gasteiger partial charge on any atom is 0.409 e. The van der Waals surface area contributed by atoms with E-state index in [0.717, 1.165) is 12.1 Å². The second-order valence-electron chi connectivity index (χ2n) is 7.30. The third-order valence-corrected chi connectivity index (χ3v) is 5.59. The lowest BCUT2D eigenvalue weighted by molar-refractivity contribution is -0.132. The highest BCUT2D eigenvalue weighted by Gasteiger charge is 2.30. The predicted molar refractivity (Wildman–Crippen MR) is 106 cm³/mol. The first kappa shape index (κ1) is 20.2. The molecule has 2 aliphatic rings. The Balaban J connectivity index is 1.54. The van der Waals surface area contributed by atoms with E-state index < -0.39 is 0 Å². The third kappa shape index (κ3) is 4.46. The topological polar surface area (TPSA) is 70.2 Å². The van der Waals surface area contributed by atoms with Crippen molar-refractivity contribution < 1.29 is 19.1 Å². The number of carbonyl (C=O) groups excluding carboxylic acids is 3. The van der Waals surface area contributed by atoms with Gasteiger partial charge in [-0.1, -0.05) is 18.2 Å². The van der Waals surface area contributed by atoms with E-state index in [9.17, 15) is 14.4 Å². The summed E-state index contributed by atoms with van der Waals surface area (Å²) in [5, 5.41) is 0. The van der Waals surface area contributed by atoms with Gasteiger partial charge in [-0.3, -0.25) is 9.59 Å². The number of amides is 3. The number of ether oxygens (including phenoxy) is 1. The van der Waals surface area contributed by atoms with Gasteiger partial charge in [0.15, 0.2) is 0 Å². The quantitative estimate of drug-likeness (QED) is 0.778. The van der Waals surface area contributed by atoms with Gasteiger partial charge in [0.1, 0.15) is 0 Å². The lowest BCUT2D eigenvalue weighted by atomic mass is 10.0. The van der Waals surface area contributed by atoms with Crippen LogP contribution in [0.15, 0.2) is 24.3 Å². The molecular formula is C21H29N3O4. The largest absolute Gasteiger partial charge is 0.450 e. The van der Waals surface area contributed by atoms with Crippen LogP contribution in [0.1, 0.15) is 38.7 Å². The predicted octanol–water partition coefficient (Wildman–Crippen LogP) is 2.44. The lowest BCUT2D eigenvalue weighted by Gasteiger charge is -2.37. The Hall–Kier alpha value is -2.57. The molecular weight excluding hydrogens is 358 g/mol. The van der Waals surface area contributed by atoms with Gasteiger partial charge in [-0.25, -0.2) is 4.79 Å². The van der Waals surface area contributed by atoms with Crippen LogP contribution < -0.4 is 4.90 Å². The summed E-state index contributed by atoms with van der Waals surface area (Å²) in [6, 6.07) is 8.04. The zero-order chi connectivity index (χ0) is 20.1. The number of benzene rings is 1.